The zero-order valence-corrected chi connectivity index (χ0v) is 15.9. The van der Waals surface area contributed by atoms with Gasteiger partial charge in [0, 0.05) is 0 Å². The highest BCUT2D eigenvalue weighted by Gasteiger charge is 2.46. The fraction of sp³-hybridized carbons (Fsp3) is 0.263. The number of nitrogens with zero attached hydrogens (tertiary/aromatic N) is 1. The molecule has 0 radical (unpaired) electrons. The second kappa shape index (κ2) is 7.69. The van der Waals surface area contributed by atoms with Gasteiger partial charge in [-0.1, -0.05) is 54.1 Å². The Morgan fingerprint density at radius 2 is 1.78 bits per heavy atom. The van der Waals surface area contributed by atoms with Crippen LogP contribution in [-0.4, -0.2) is 25.9 Å². The van der Waals surface area contributed by atoms with Gasteiger partial charge in [-0.05, 0) is 37.0 Å². The maximum Gasteiger partial charge on any atom is 0.242 e. The van der Waals surface area contributed by atoms with Gasteiger partial charge in [0.2, 0.25) is 15.9 Å². The lowest BCUT2D eigenvalue weighted by molar-refractivity contribution is -0.123. The SMILES string of the molecule is N#CC1(NC(=O)[C@H](Cc2ccccc2)NS(=O)(=O)c2ccccc2Cl)CC1. The van der Waals surface area contributed by atoms with Crippen molar-refractivity contribution >= 4 is 27.5 Å². The molecule has 6 nitrogen and oxygen atoms in total. The molecule has 2 N–H and O–H groups in total. The van der Waals surface area contributed by atoms with E-state index in [0.717, 1.165) is 5.56 Å². The lowest BCUT2D eigenvalue weighted by atomic mass is 10.1. The third-order valence-electron chi connectivity index (χ3n) is 4.35. The predicted molar refractivity (Wildman–Crippen MR) is 101 cm³/mol. The number of rotatable bonds is 7. The summed E-state index contributed by atoms with van der Waals surface area (Å²) >= 11 is 6.01. The number of amides is 1. The molecule has 2 aromatic rings. The van der Waals surface area contributed by atoms with Crippen LogP contribution in [0.3, 0.4) is 0 Å². The fourth-order valence-corrected chi connectivity index (χ4v) is 4.38. The van der Waals surface area contributed by atoms with E-state index in [0.29, 0.717) is 12.8 Å². The molecule has 1 aliphatic rings. The van der Waals surface area contributed by atoms with E-state index in [1.165, 1.54) is 12.1 Å². The Balaban J connectivity index is 1.86. The first-order chi connectivity index (χ1) is 12.9. The average molecular weight is 404 g/mol. The number of carbonyl (C=O) groups excluding carboxylic acids is 1. The van der Waals surface area contributed by atoms with Crippen LogP contribution in [0.4, 0.5) is 0 Å². The highest BCUT2D eigenvalue weighted by molar-refractivity contribution is 7.89. The zero-order chi connectivity index (χ0) is 19.5. The van der Waals surface area contributed by atoms with Gasteiger partial charge in [0.05, 0.1) is 11.1 Å². The number of nitrogens with one attached hydrogen (secondary N) is 2. The lowest BCUT2D eigenvalue weighted by Gasteiger charge is -2.20. The Morgan fingerprint density at radius 1 is 1.15 bits per heavy atom. The summed E-state index contributed by atoms with van der Waals surface area (Å²) in [6.45, 7) is 0. The van der Waals surface area contributed by atoms with Crippen molar-refractivity contribution < 1.29 is 13.2 Å². The van der Waals surface area contributed by atoms with Gasteiger partial charge in [-0.25, -0.2) is 8.42 Å². The van der Waals surface area contributed by atoms with Crippen molar-refractivity contribution in [2.45, 2.75) is 35.7 Å². The number of benzene rings is 2. The topological polar surface area (TPSA) is 99.1 Å². The fourth-order valence-electron chi connectivity index (χ4n) is 2.66. The zero-order valence-electron chi connectivity index (χ0n) is 14.4. The van der Waals surface area contributed by atoms with Crippen LogP contribution >= 0.6 is 11.6 Å². The number of hydrogen-bond donors (Lipinski definition) is 2. The second-order valence-corrected chi connectivity index (χ2v) is 8.57. The van der Waals surface area contributed by atoms with Crippen LogP contribution in [0.25, 0.3) is 0 Å². The molecule has 140 valence electrons. The van der Waals surface area contributed by atoms with Crippen molar-refractivity contribution in [3.05, 3.63) is 65.2 Å². The third kappa shape index (κ3) is 4.66. The molecule has 0 heterocycles. The molecule has 0 aromatic heterocycles. The molecule has 1 amide bonds. The Labute approximate surface area is 163 Å². The van der Waals surface area contributed by atoms with Crippen LogP contribution in [0, 0.1) is 11.3 Å². The van der Waals surface area contributed by atoms with Gasteiger partial charge in [-0.3, -0.25) is 4.79 Å². The van der Waals surface area contributed by atoms with E-state index in [1.807, 2.05) is 18.2 Å². The van der Waals surface area contributed by atoms with Crippen molar-refractivity contribution in [3.8, 4) is 6.07 Å². The Kier molecular flexibility index (Phi) is 5.51. The van der Waals surface area contributed by atoms with Crippen molar-refractivity contribution in [2.24, 2.45) is 0 Å². The highest BCUT2D eigenvalue weighted by Crippen LogP contribution is 2.34. The number of hydrogen-bond acceptors (Lipinski definition) is 4. The first-order valence-corrected chi connectivity index (χ1v) is 10.3. The Morgan fingerprint density at radius 3 is 2.37 bits per heavy atom. The first-order valence-electron chi connectivity index (χ1n) is 8.39. The van der Waals surface area contributed by atoms with Gasteiger partial charge >= 0.3 is 0 Å². The Bertz CT molecular complexity index is 983. The number of nitriles is 1. The van der Waals surface area contributed by atoms with E-state index in [9.17, 15) is 18.5 Å². The largest absolute Gasteiger partial charge is 0.336 e. The van der Waals surface area contributed by atoms with Gasteiger partial charge in [-0.15, -0.1) is 0 Å². The summed E-state index contributed by atoms with van der Waals surface area (Å²) in [5.74, 6) is -0.534. The molecular formula is C19H18ClN3O3S. The summed E-state index contributed by atoms with van der Waals surface area (Å²) in [7, 11) is -4.02. The molecule has 0 saturated heterocycles. The van der Waals surface area contributed by atoms with Gasteiger partial charge in [-0.2, -0.15) is 9.98 Å². The maximum atomic E-state index is 12.8. The lowest BCUT2D eigenvalue weighted by Crippen LogP contribution is -2.51. The van der Waals surface area contributed by atoms with Crippen LogP contribution < -0.4 is 10.0 Å². The van der Waals surface area contributed by atoms with E-state index in [4.69, 9.17) is 11.6 Å². The van der Waals surface area contributed by atoms with Crippen LogP contribution in [0.1, 0.15) is 18.4 Å². The minimum Gasteiger partial charge on any atom is -0.336 e. The molecule has 2 aromatic carbocycles. The molecule has 1 saturated carbocycles. The number of halogens is 1. The van der Waals surface area contributed by atoms with Crippen LogP contribution in [0.2, 0.25) is 5.02 Å². The number of sulfonamides is 1. The molecule has 1 aliphatic carbocycles. The number of carbonyl (C=O) groups is 1. The van der Waals surface area contributed by atoms with Crippen molar-refractivity contribution in [1.29, 1.82) is 5.26 Å². The minimum absolute atomic E-state index is 0.0690. The van der Waals surface area contributed by atoms with Crippen molar-refractivity contribution in [1.82, 2.24) is 10.0 Å². The molecule has 0 bridgehead atoms. The standard InChI is InChI=1S/C19H18ClN3O3S/c20-15-8-4-5-9-17(15)27(25,26)23-16(12-14-6-2-1-3-7-14)18(24)22-19(13-21)10-11-19/h1-9,16,23H,10-12H2,(H,22,24)/t16-/m0/s1. The van der Waals surface area contributed by atoms with E-state index < -0.39 is 27.5 Å². The summed E-state index contributed by atoms with van der Waals surface area (Å²) in [5.41, 5.74) is -0.0942. The van der Waals surface area contributed by atoms with E-state index in [2.05, 4.69) is 16.1 Å². The molecular weight excluding hydrogens is 386 g/mol. The van der Waals surface area contributed by atoms with Gasteiger partial charge in [0.1, 0.15) is 16.5 Å². The van der Waals surface area contributed by atoms with Gasteiger partial charge in [0.25, 0.3) is 0 Å². The summed E-state index contributed by atoms with van der Waals surface area (Å²) in [6.07, 6.45) is 1.27. The van der Waals surface area contributed by atoms with Crippen LogP contribution in [-0.2, 0) is 21.2 Å². The normalized spacial score (nSPS) is 16.1. The van der Waals surface area contributed by atoms with Crippen molar-refractivity contribution in [2.75, 3.05) is 0 Å². The van der Waals surface area contributed by atoms with Crippen molar-refractivity contribution in [3.63, 3.8) is 0 Å². The summed E-state index contributed by atoms with van der Waals surface area (Å²) in [5, 5.41) is 11.9. The molecule has 8 heteroatoms. The van der Waals surface area contributed by atoms with Crippen LogP contribution in [0.5, 0.6) is 0 Å². The average Bonchev–Trinajstić information content (AvgIpc) is 3.42. The molecule has 0 unspecified atom stereocenters. The van der Waals surface area contributed by atoms with Gasteiger partial charge in [0.15, 0.2) is 0 Å². The monoisotopic (exact) mass is 403 g/mol. The summed E-state index contributed by atoms with van der Waals surface area (Å²) in [6, 6.07) is 16.1. The second-order valence-electron chi connectivity index (χ2n) is 6.48. The molecule has 0 aliphatic heterocycles. The van der Waals surface area contributed by atoms with Gasteiger partial charge < -0.3 is 5.32 Å². The highest BCUT2D eigenvalue weighted by atomic mass is 35.5. The molecule has 1 fully saturated rings. The Hall–Kier alpha value is -2.40. The van der Waals surface area contributed by atoms with Crippen LogP contribution in [0.15, 0.2) is 59.5 Å². The molecule has 27 heavy (non-hydrogen) atoms. The van der Waals surface area contributed by atoms with E-state index >= 15 is 0 Å². The summed E-state index contributed by atoms with van der Waals surface area (Å²) < 4.78 is 28.0. The molecule has 3 rings (SSSR count). The summed E-state index contributed by atoms with van der Waals surface area (Å²) in [4.78, 5) is 12.6. The third-order valence-corrected chi connectivity index (χ3v) is 6.32. The predicted octanol–water partition coefficient (Wildman–Crippen LogP) is 2.40. The smallest absolute Gasteiger partial charge is 0.242 e. The maximum absolute atomic E-state index is 12.8. The quantitative estimate of drug-likeness (QED) is 0.741. The molecule has 0 spiro atoms. The van der Waals surface area contributed by atoms with E-state index in [1.54, 1.807) is 24.3 Å². The van der Waals surface area contributed by atoms with E-state index in [-0.39, 0.29) is 16.3 Å². The minimum atomic E-state index is -4.02. The molecule has 1 atom stereocenters. The first kappa shape index (κ1) is 19.4.